The number of benzene rings is 2. The summed E-state index contributed by atoms with van der Waals surface area (Å²) < 4.78 is 13.4. The molecule has 2 aromatic carbocycles. The lowest BCUT2D eigenvalue weighted by atomic mass is 10.0. The number of aryl methyl sites for hydroxylation is 1. The Morgan fingerprint density at radius 1 is 1.00 bits per heavy atom. The van der Waals surface area contributed by atoms with Crippen LogP contribution in [0.3, 0.4) is 0 Å². The zero-order valence-electron chi connectivity index (χ0n) is 18.1. The van der Waals surface area contributed by atoms with Crippen LogP contribution >= 0.6 is 0 Å². The molecule has 2 atom stereocenters. The second-order valence-corrected chi connectivity index (χ2v) is 8.85. The van der Waals surface area contributed by atoms with Crippen LogP contribution < -0.4 is 4.90 Å². The summed E-state index contributed by atoms with van der Waals surface area (Å²) >= 11 is 0. The van der Waals surface area contributed by atoms with Crippen LogP contribution in [0, 0.1) is 24.6 Å². The Bertz CT molecular complexity index is 1340. The smallest absolute Gasteiger partial charge is 0.256 e. The van der Waals surface area contributed by atoms with Crippen molar-refractivity contribution in [1.82, 2.24) is 29.9 Å². The average molecular weight is 443 g/mol. The van der Waals surface area contributed by atoms with E-state index in [0.29, 0.717) is 47.5 Å². The first-order chi connectivity index (χ1) is 16.0. The Morgan fingerprint density at radius 2 is 1.76 bits per heavy atom. The van der Waals surface area contributed by atoms with Gasteiger partial charge in [-0.3, -0.25) is 4.79 Å². The summed E-state index contributed by atoms with van der Waals surface area (Å²) in [5, 5.41) is 9.10. The molecule has 0 bridgehead atoms. The van der Waals surface area contributed by atoms with E-state index in [2.05, 4.69) is 25.1 Å². The van der Waals surface area contributed by atoms with Crippen molar-refractivity contribution in [2.24, 2.45) is 11.8 Å². The van der Waals surface area contributed by atoms with Gasteiger partial charge >= 0.3 is 0 Å². The molecule has 6 rings (SSSR count). The zero-order valence-corrected chi connectivity index (χ0v) is 18.1. The summed E-state index contributed by atoms with van der Waals surface area (Å²) in [4.78, 5) is 28.2. The molecule has 2 aliphatic rings. The molecule has 4 heterocycles. The highest BCUT2D eigenvalue weighted by atomic mass is 19.1. The van der Waals surface area contributed by atoms with Gasteiger partial charge in [0.2, 0.25) is 5.95 Å². The summed E-state index contributed by atoms with van der Waals surface area (Å²) in [7, 11) is 0. The fraction of sp³-hybridized carbons (Fsp3) is 0.292. The molecule has 4 aromatic rings. The van der Waals surface area contributed by atoms with Crippen molar-refractivity contribution in [3.8, 4) is 5.69 Å². The number of rotatable bonds is 3. The van der Waals surface area contributed by atoms with Gasteiger partial charge in [0.25, 0.3) is 5.91 Å². The van der Waals surface area contributed by atoms with Crippen molar-refractivity contribution in [3.63, 3.8) is 0 Å². The van der Waals surface area contributed by atoms with E-state index in [1.165, 1.54) is 16.9 Å². The Balaban J connectivity index is 1.19. The maximum absolute atomic E-state index is 13.5. The van der Waals surface area contributed by atoms with Gasteiger partial charge in [-0.05, 0) is 37.3 Å². The molecule has 33 heavy (non-hydrogen) atoms. The van der Waals surface area contributed by atoms with Crippen LogP contribution in [-0.4, -0.2) is 61.9 Å². The van der Waals surface area contributed by atoms with Crippen LogP contribution in [0.15, 0.2) is 55.0 Å². The predicted molar refractivity (Wildman–Crippen MR) is 121 cm³/mol. The molecule has 2 unspecified atom stereocenters. The number of hydrogen-bond donors (Lipinski definition) is 0. The summed E-state index contributed by atoms with van der Waals surface area (Å²) in [6, 6.07) is 10.3. The minimum atomic E-state index is -0.292. The molecular weight excluding hydrogens is 421 g/mol. The molecule has 0 radical (unpaired) electrons. The fourth-order valence-electron chi connectivity index (χ4n) is 4.98. The number of fused-ring (bicyclic) bond motifs is 2. The second kappa shape index (κ2) is 7.61. The van der Waals surface area contributed by atoms with Gasteiger partial charge in [0, 0.05) is 49.6 Å². The highest BCUT2D eigenvalue weighted by Gasteiger charge is 2.43. The molecule has 0 spiro atoms. The van der Waals surface area contributed by atoms with Crippen LogP contribution in [0.5, 0.6) is 0 Å². The molecule has 8 nitrogen and oxygen atoms in total. The lowest BCUT2D eigenvalue weighted by Gasteiger charge is -2.23. The third kappa shape index (κ3) is 3.49. The van der Waals surface area contributed by atoms with Crippen molar-refractivity contribution in [3.05, 3.63) is 71.9 Å². The molecule has 2 aromatic heterocycles. The van der Waals surface area contributed by atoms with Crippen LogP contribution in [0.25, 0.3) is 16.6 Å². The number of hydrogen-bond acceptors (Lipinski definition) is 6. The third-order valence-electron chi connectivity index (χ3n) is 6.60. The quantitative estimate of drug-likeness (QED) is 0.485. The maximum Gasteiger partial charge on any atom is 0.256 e. The molecule has 2 aliphatic heterocycles. The Morgan fingerprint density at radius 3 is 2.52 bits per heavy atom. The lowest BCUT2D eigenvalue weighted by Crippen LogP contribution is -2.34. The summed E-state index contributed by atoms with van der Waals surface area (Å²) in [6.45, 7) is 4.95. The van der Waals surface area contributed by atoms with E-state index < -0.39 is 0 Å². The van der Waals surface area contributed by atoms with E-state index in [-0.39, 0.29) is 11.7 Å². The first kappa shape index (κ1) is 19.8. The van der Waals surface area contributed by atoms with Crippen molar-refractivity contribution in [2.45, 2.75) is 6.92 Å². The van der Waals surface area contributed by atoms with Gasteiger partial charge in [-0.25, -0.2) is 14.4 Å². The van der Waals surface area contributed by atoms with E-state index in [1.807, 2.05) is 30.0 Å². The van der Waals surface area contributed by atoms with Gasteiger partial charge in [-0.2, -0.15) is 15.0 Å². The predicted octanol–water partition coefficient (Wildman–Crippen LogP) is 2.87. The first-order valence-corrected chi connectivity index (χ1v) is 11.0. The van der Waals surface area contributed by atoms with E-state index in [9.17, 15) is 9.18 Å². The number of halogens is 1. The number of anilines is 1. The van der Waals surface area contributed by atoms with Crippen molar-refractivity contribution >= 4 is 22.8 Å². The molecule has 9 heteroatoms. The third-order valence-corrected chi connectivity index (χ3v) is 6.60. The number of nitrogens with zero attached hydrogens (tertiary/aromatic N) is 7. The largest absolute Gasteiger partial charge is 0.340 e. The van der Waals surface area contributed by atoms with Crippen molar-refractivity contribution in [2.75, 3.05) is 31.1 Å². The molecule has 2 fully saturated rings. The number of carbonyl (C=O) groups excluding carboxylic acids is 1. The molecule has 2 saturated heterocycles. The Hall–Kier alpha value is -3.88. The second-order valence-electron chi connectivity index (χ2n) is 8.85. The van der Waals surface area contributed by atoms with Gasteiger partial charge in [0.1, 0.15) is 5.82 Å². The topological polar surface area (TPSA) is 80.0 Å². The van der Waals surface area contributed by atoms with Crippen LogP contribution in [0.1, 0.15) is 15.9 Å². The van der Waals surface area contributed by atoms with Gasteiger partial charge in [0.05, 0.1) is 29.2 Å². The first-order valence-electron chi connectivity index (χ1n) is 11.0. The van der Waals surface area contributed by atoms with Gasteiger partial charge in [0.15, 0.2) is 0 Å². The van der Waals surface area contributed by atoms with Crippen molar-refractivity contribution in [1.29, 1.82) is 0 Å². The molecule has 1 amide bonds. The summed E-state index contributed by atoms with van der Waals surface area (Å²) in [5.74, 6) is 1.09. The van der Waals surface area contributed by atoms with Crippen LogP contribution in [-0.2, 0) is 0 Å². The summed E-state index contributed by atoms with van der Waals surface area (Å²) in [5.41, 5.74) is 3.06. The number of likely N-dealkylation sites (tertiary alicyclic amines) is 1. The van der Waals surface area contributed by atoms with Gasteiger partial charge in [-0.1, -0.05) is 11.6 Å². The van der Waals surface area contributed by atoms with E-state index in [4.69, 9.17) is 0 Å². The molecule has 166 valence electrons. The normalized spacial score (nSPS) is 19.9. The fourth-order valence-corrected chi connectivity index (χ4v) is 4.98. The monoisotopic (exact) mass is 443 g/mol. The highest BCUT2D eigenvalue weighted by molar-refractivity contribution is 5.98. The van der Waals surface area contributed by atoms with Gasteiger partial charge in [-0.15, -0.1) is 0 Å². The van der Waals surface area contributed by atoms with Crippen molar-refractivity contribution < 1.29 is 9.18 Å². The standard InChI is InChI=1S/C24H22FN7O/c1-15-2-5-22(32-27-6-7-28-32)20(8-15)23(33)30-11-17-13-31(14-18(17)12-30)24-26-10-16-9-19(25)3-4-21(16)29-24/h2-10,17-18H,11-14H2,1H3. The SMILES string of the molecule is Cc1ccc(-n2nccn2)c(C(=O)N2CC3CN(c4ncc5cc(F)ccc5n4)CC3C2)c1. The zero-order chi connectivity index (χ0) is 22.5. The molecule has 0 aliphatic carbocycles. The number of amides is 1. The number of aromatic nitrogens is 5. The van der Waals surface area contributed by atoms with Crippen LogP contribution in [0.4, 0.5) is 10.3 Å². The summed E-state index contributed by atoms with van der Waals surface area (Å²) in [6.07, 6.45) is 4.88. The average Bonchev–Trinajstić information content (AvgIpc) is 3.55. The lowest BCUT2D eigenvalue weighted by molar-refractivity contribution is 0.0782. The van der Waals surface area contributed by atoms with E-state index >= 15 is 0 Å². The molecule has 0 saturated carbocycles. The molecular formula is C24H22FN7O. The number of carbonyl (C=O) groups is 1. The maximum atomic E-state index is 13.5. The minimum absolute atomic E-state index is 0.0101. The van der Waals surface area contributed by atoms with E-state index in [1.54, 1.807) is 24.7 Å². The highest BCUT2D eigenvalue weighted by Crippen LogP contribution is 2.34. The molecule has 0 N–H and O–H groups in total. The van der Waals surface area contributed by atoms with E-state index in [0.717, 1.165) is 24.2 Å². The van der Waals surface area contributed by atoms with Gasteiger partial charge < -0.3 is 9.80 Å². The minimum Gasteiger partial charge on any atom is -0.340 e. The Labute approximate surface area is 189 Å². The Kier molecular flexibility index (Phi) is 4.56. The van der Waals surface area contributed by atoms with Crippen LogP contribution in [0.2, 0.25) is 0 Å².